The lowest BCUT2D eigenvalue weighted by molar-refractivity contribution is 0.588. The fourth-order valence-corrected chi connectivity index (χ4v) is 2.68. The quantitative estimate of drug-likeness (QED) is 0.867. The Labute approximate surface area is 114 Å². The number of allylic oxidation sites excluding steroid dienone is 1. The van der Waals surface area contributed by atoms with Gasteiger partial charge in [0.05, 0.1) is 4.90 Å². The molecule has 0 saturated heterocycles. The van der Waals surface area contributed by atoms with Crippen LogP contribution in [0.25, 0.3) is 6.08 Å². The average molecular weight is 280 g/mol. The summed E-state index contributed by atoms with van der Waals surface area (Å²) in [6.07, 6.45) is 6.71. The molecule has 1 aliphatic rings. The van der Waals surface area contributed by atoms with E-state index in [1.165, 1.54) is 19.9 Å². The van der Waals surface area contributed by atoms with Gasteiger partial charge < -0.3 is 5.73 Å². The van der Waals surface area contributed by atoms with E-state index < -0.39 is 10.0 Å². The molecule has 19 heavy (non-hydrogen) atoms. The van der Waals surface area contributed by atoms with Crippen molar-refractivity contribution >= 4 is 16.1 Å². The lowest BCUT2D eigenvalue weighted by atomic mass is 10.0. The summed E-state index contributed by atoms with van der Waals surface area (Å²) >= 11 is 0. The van der Waals surface area contributed by atoms with Crippen molar-refractivity contribution in [2.24, 2.45) is 11.7 Å². The lowest BCUT2D eigenvalue weighted by Gasteiger charge is -2.12. The number of sulfonamides is 1. The highest BCUT2D eigenvalue weighted by molar-refractivity contribution is 7.89. The highest BCUT2D eigenvalue weighted by Crippen LogP contribution is 2.31. The highest BCUT2D eigenvalue weighted by Gasteiger charge is 2.18. The largest absolute Gasteiger partial charge is 0.324 e. The normalized spacial score (nSPS) is 17.8. The molecule has 1 atom stereocenters. The maximum absolute atomic E-state index is 11.8. The van der Waals surface area contributed by atoms with E-state index in [2.05, 4.69) is 10.8 Å². The van der Waals surface area contributed by atoms with Gasteiger partial charge in [-0.1, -0.05) is 18.2 Å². The molecule has 0 aromatic heterocycles. The molecule has 2 rings (SSSR count). The first-order valence-corrected chi connectivity index (χ1v) is 7.93. The number of hydrogen-bond acceptors (Lipinski definition) is 3. The predicted octanol–water partition coefficient (Wildman–Crippen LogP) is 2.04. The number of rotatable bonds is 5. The van der Waals surface area contributed by atoms with Gasteiger partial charge in [0.2, 0.25) is 10.0 Å². The van der Waals surface area contributed by atoms with Crippen molar-refractivity contribution in [3.05, 3.63) is 35.4 Å². The lowest BCUT2D eigenvalue weighted by Crippen LogP contribution is -2.19. The Bertz CT molecular complexity index is 587. The Morgan fingerprint density at radius 1 is 1.42 bits per heavy atom. The predicted molar refractivity (Wildman–Crippen MR) is 77.0 cm³/mol. The zero-order valence-corrected chi connectivity index (χ0v) is 12.1. The second kappa shape index (κ2) is 5.45. The minimum Gasteiger partial charge on any atom is -0.324 e. The summed E-state index contributed by atoms with van der Waals surface area (Å²) in [7, 11) is -2.01. The zero-order chi connectivity index (χ0) is 14.0. The van der Waals surface area contributed by atoms with Crippen molar-refractivity contribution < 1.29 is 8.42 Å². The summed E-state index contributed by atoms with van der Waals surface area (Å²) in [5, 5.41) is 0. The standard InChI is InChI=1S/C14H20N2O2S/c1-10(15)14-9-13(19(17,18)16-2)8-7-12(14)6-5-11-3-4-11/h5-11,16H,3-4,15H2,1-2H3/b6-5+/t10-/m1/s1. The van der Waals surface area contributed by atoms with Crippen molar-refractivity contribution in [1.82, 2.24) is 4.72 Å². The van der Waals surface area contributed by atoms with Gasteiger partial charge in [0.15, 0.2) is 0 Å². The molecule has 0 bridgehead atoms. The van der Waals surface area contributed by atoms with Gasteiger partial charge in [0, 0.05) is 6.04 Å². The molecule has 104 valence electrons. The van der Waals surface area contributed by atoms with Crippen LogP contribution in [0.2, 0.25) is 0 Å². The third-order valence-electron chi connectivity index (χ3n) is 3.30. The van der Waals surface area contributed by atoms with Crippen LogP contribution in [0.5, 0.6) is 0 Å². The molecule has 0 spiro atoms. The molecule has 0 radical (unpaired) electrons. The van der Waals surface area contributed by atoms with Gasteiger partial charge in [0.25, 0.3) is 0 Å². The van der Waals surface area contributed by atoms with Crippen LogP contribution in [-0.2, 0) is 10.0 Å². The first-order chi connectivity index (χ1) is 8.94. The van der Waals surface area contributed by atoms with Gasteiger partial charge in [-0.25, -0.2) is 13.1 Å². The highest BCUT2D eigenvalue weighted by atomic mass is 32.2. The van der Waals surface area contributed by atoms with Gasteiger partial charge in [-0.05, 0) is 56.0 Å². The van der Waals surface area contributed by atoms with Crippen molar-refractivity contribution in [2.45, 2.75) is 30.7 Å². The van der Waals surface area contributed by atoms with E-state index in [1.54, 1.807) is 12.1 Å². The smallest absolute Gasteiger partial charge is 0.240 e. The number of nitrogens with one attached hydrogen (secondary N) is 1. The van der Waals surface area contributed by atoms with Crippen LogP contribution in [0.4, 0.5) is 0 Å². The summed E-state index contributed by atoms with van der Waals surface area (Å²) in [5.74, 6) is 0.682. The minimum atomic E-state index is -3.42. The molecule has 1 saturated carbocycles. The monoisotopic (exact) mass is 280 g/mol. The van der Waals surface area contributed by atoms with Gasteiger partial charge in [-0.2, -0.15) is 0 Å². The Balaban J connectivity index is 2.40. The minimum absolute atomic E-state index is 0.203. The molecule has 0 aliphatic heterocycles. The van der Waals surface area contributed by atoms with Gasteiger partial charge in [-0.3, -0.25) is 0 Å². The molecule has 1 aromatic rings. The molecule has 1 aliphatic carbocycles. The fourth-order valence-electron chi connectivity index (χ4n) is 1.91. The van der Waals surface area contributed by atoms with Crippen LogP contribution in [0.15, 0.2) is 29.2 Å². The average Bonchev–Trinajstić information content (AvgIpc) is 3.20. The molecule has 0 amide bonds. The molecule has 5 heteroatoms. The molecule has 0 heterocycles. The summed E-state index contributed by atoms with van der Waals surface area (Å²) < 4.78 is 25.9. The van der Waals surface area contributed by atoms with Crippen LogP contribution in [0.1, 0.15) is 36.9 Å². The summed E-state index contributed by atoms with van der Waals surface area (Å²) in [6, 6.07) is 4.89. The van der Waals surface area contributed by atoms with Gasteiger partial charge in [0.1, 0.15) is 0 Å². The second-order valence-electron chi connectivity index (χ2n) is 4.98. The third kappa shape index (κ3) is 3.43. The van der Waals surface area contributed by atoms with Crippen LogP contribution in [0.3, 0.4) is 0 Å². The van der Waals surface area contributed by atoms with Crippen molar-refractivity contribution in [3.63, 3.8) is 0 Å². The summed E-state index contributed by atoms with van der Waals surface area (Å²) in [4.78, 5) is 0.255. The van der Waals surface area contributed by atoms with E-state index in [9.17, 15) is 8.42 Å². The summed E-state index contributed by atoms with van der Waals surface area (Å²) in [5.41, 5.74) is 7.79. The summed E-state index contributed by atoms with van der Waals surface area (Å²) in [6.45, 7) is 1.86. The van der Waals surface area contributed by atoms with Crippen molar-refractivity contribution in [3.8, 4) is 0 Å². The molecular formula is C14H20N2O2S. The fraction of sp³-hybridized carbons (Fsp3) is 0.429. The molecule has 1 aromatic carbocycles. The van der Waals surface area contributed by atoms with Gasteiger partial charge >= 0.3 is 0 Å². The topological polar surface area (TPSA) is 72.2 Å². The number of benzene rings is 1. The molecule has 4 nitrogen and oxygen atoms in total. The second-order valence-corrected chi connectivity index (χ2v) is 6.87. The van der Waals surface area contributed by atoms with Crippen molar-refractivity contribution in [1.29, 1.82) is 0 Å². The van der Waals surface area contributed by atoms with Crippen molar-refractivity contribution in [2.75, 3.05) is 7.05 Å². The van der Waals surface area contributed by atoms with Crippen LogP contribution in [-0.4, -0.2) is 15.5 Å². The Morgan fingerprint density at radius 2 is 2.11 bits per heavy atom. The number of nitrogens with two attached hydrogens (primary N) is 1. The maximum Gasteiger partial charge on any atom is 0.240 e. The van der Waals surface area contributed by atoms with Crippen LogP contribution < -0.4 is 10.5 Å². The first kappa shape index (κ1) is 14.2. The van der Waals surface area contributed by atoms with E-state index in [1.807, 2.05) is 19.1 Å². The number of hydrogen-bond donors (Lipinski definition) is 2. The van der Waals surface area contributed by atoms with E-state index >= 15 is 0 Å². The third-order valence-corrected chi connectivity index (χ3v) is 4.71. The molecule has 3 N–H and O–H groups in total. The Kier molecular flexibility index (Phi) is 4.08. The molecular weight excluding hydrogens is 260 g/mol. The SMILES string of the molecule is CNS(=O)(=O)c1ccc(/C=C/C2CC2)c([C@@H](C)N)c1. The van der Waals surface area contributed by atoms with Gasteiger partial charge in [-0.15, -0.1) is 0 Å². The molecule has 0 unspecified atom stereocenters. The van der Waals surface area contributed by atoms with Crippen LogP contribution in [0, 0.1) is 5.92 Å². The van der Waals surface area contributed by atoms with E-state index in [0.29, 0.717) is 5.92 Å². The Morgan fingerprint density at radius 3 is 2.63 bits per heavy atom. The van der Waals surface area contributed by atoms with Crippen LogP contribution >= 0.6 is 0 Å². The maximum atomic E-state index is 11.8. The molecule has 1 fully saturated rings. The van der Waals surface area contributed by atoms with E-state index in [-0.39, 0.29) is 10.9 Å². The first-order valence-electron chi connectivity index (χ1n) is 6.45. The Hall–Kier alpha value is -1.17. The van der Waals surface area contributed by atoms with E-state index in [0.717, 1.165) is 11.1 Å². The van der Waals surface area contributed by atoms with E-state index in [4.69, 9.17) is 5.73 Å². The zero-order valence-electron chi connectivity index (χ0n) is 11.3.